The predicted octanol–water partition coefficient (Wildman–Crippen LogP) is 2.65. The lowest BCUT2D eigenvalue weighted by Crippen LogP contribution is -2.56. The van der Waals surface area contributed by atoms with Gasteiger partial charge >= 0.3 is 0 Å². The lowest BCUT2D eigenvalue weighted by Gasteiger charge is -2.46. The Balaban J connectivity index is 1.78. The molecular formula is C16H23ClFN3. The number of fused-ring (bicyclic) bond motifs is 1. The molecule has 2 aliphatic rings. The summed E-state index contributed by atoms with van der Waals surface area (Å²) in [6.07, 6.45) is 3.85. The molecule has 2 aliphatic heterocycles. The normalized spacial score (nSPS) is 25.6. The molecule has 2 N–H and O–H groups in total. The summed E-state index contributed by atoms with van der Waals surface area (Å²) in [4.78, 5) is 4.91. The van der Waals surface area contributed by atoms with Crippen molar-refractivity contribution in [1.82, 2.24) is 9.80 Å². The molecule has 0 aromatic heterocycles. The Labute approximate surface area is 130 Å². The summed E-state index contributed by atoms with van der Waals surface area (Å²) in [5, 5.41) is 0.183. The van der Waals surface area contributed by atoms with E-state index in [9.17, 15) is 4.39 Å². The Morgan fingerprint density at radius 2 is 2.14 bits per heavy atom. The SMILES string of the molecule is NCC(c1cccc(Cl)c1F)N1CCN2CCCCC2C1. The number of halogens is 2. The first-order valence-electron chi connectivity index (χ1n) is 7.82. The number of rotatable bonds is 3. The van der Waals surface area contributed by atoms with Gasteiger partial charge < -0.3 is 5.73 Å². The molecule has 2 saturated heterocycles. The number of nitrogens with zero attached hydrogens (tertiary/aromatic N) is 2. The van der Waals surface area contributed by atoms with Crippen molar-refractivity contribution in [2.45, 2.75) is 31.3 Å². The maximum atomic E-state index is 14.3. The summed E-state index contributed by atoms with van der Waals surface area (Å²) in [6.45, 7) is 4.61. The van der Waals surface area contributed by atoms with Crippen molar-refractivity contribution in [3.8, 4) is 0 Å². The quantitative estimate of drug-likeness (QED) is 0.931. The monoisotopic (exact) mass is 311 g/mol. The third kappa shape index (κ3) is 3.09. The first kappa shape index (κ1) is 15.2. The van der Waals surface area contributed by atoms with Gasteiger partial charge in [0.15, 0.2) is 0 Å². The van der Waals surface area contributed by atoms with E-state index in [0.717, 1.165) is 19.6 Å². The van der Waals surface area contributed by atoms with Crippen LogP contribution >= 0.6 is 11.6 Å². The Kier molecular flexibility index (Phi) is 4.79. The van der Waals surface area contributed by atoms with Gasteiger partial charge in [0.05, 0.1) is 11.1 Å². The molecule has 2 heterocycles. The Morgan fingerprint density at radius 3 is 2.95 bits per heavy atom. The number of nitrogens with two attached hydrogens (primary N) is 1. The minimum atomic E-state index is -0.319. The number of hydrogen-bond donors (Lipinski definition) is 1. The van der Waals surface area contributed by atoms with E-state index in [1.54, 1.807) is 12.1 Å². The molecule has 0 amide bonds. The average Bonchev–Trinajstić information content (AvgIpc) is 2.52. The highest BCUT2D eigenvalue weighted by Gasteiger charge is 2.33. The maximum Gasteiger partial charge on any atom is 0.146 e. The van der Waals surface area contributed by atoms with Gasteiger partial charge in [-0.25, -0.2) is 4.39 Å². The Bertz CT molecular complexity index is 496. The highest BCUT2D eigenvalue weighted by molar-refractivity contribution is 6.30. The van der Waals surface area contributed by atoms with Crippen LogP contribution in [0.3, 0.4) is 0 Å². The molecule has 1 aromatic rings. The van der Waals surface area contributed by atoms with Crippen molar-refractivity contribution in [3.63, 3.8) is 0 Å². The summed E-state index contributed by atoms with van der Waals surface area (Å²) >= 11 is 5.92. The van der Waals surface area contributed by atoms with Crippen LogP contribution in [0.5, 0.6) is 0 Å². The molecule has 0 aliphatic carbocycles. The highest BCUT2D eigenvalue weighted by atomic mass is 35.5. The molecule has 2 fully saturated rings. The molecule has 2 atom stereocenters. The molecule has 5 heteroatoms. The van der Waals surface area contributed by atoms with Crippen LogP contribution in [0.4, 0.5) is 4.39 Å². The minimum absolute atomic E-state index is 0.0761. The van der Waals surface area contributed by atoms with Crippen LogP contribution in [0.2, 0.25) is 5.02 Å². The largest absolute Gasteiger partial charge is 0.329 e. The van der Waals surface area contributed by atoms with Crippen molar-refractivity contribution < 1.29 is 4.39 Å². The van der Waals surface area contributed by atoms with Crippen LogP contribution in [0.25, 0.3) is 0 Å². The fraction of sp³-hybridized carbons (Fsp3) is 0.625. The van der Waals surface area contributed by atoms with Gasteiger partial charge in [-0.2, -0.15) is 0 Å². The molecule has 116 valence electrons. The van der Waals surface area contributed by atoms with E-state index in [1.807, 2.05) is 6.07 Å². The van der Waals surface area contributed by atoms with Crippen molar-refractivity contribution >= 4 is 11.6 Å². The van der Waals surface area contributed by atoms with Gasteiger partial charge in [0.2, 0.25) is 0 Å². The Hall–Kier alpha value is -0.680. The smallest absolute Gasteiger partial charge is 0.146 e. The van der Waals surface area contributed by atoms with Crippen molar-refractivity contribution in [2.24, 2.45) is 5.73 Å². The van der Waals surface area contributed by atoms with E-state index < -0.39 is 0 Å². The zero-order valence-corrected chi connectivity index (χ0v) is 13.0. The highest BCUT2D eigenvalue weighted by Crippen LogP contribution is 2.30. The van der Waals surface area contributed by atoms with Crippen molar-refractivity contribution in [2.75, 3.05) is 32.7 Å². The Morgan fingerprint density at radius 1 is 1.29 bits per heavy atom. The third-order valence-electron chi connectivity index (χ3n) is 4.87. The second-order valence-corrected chi connectivity index (χ2v) is 6.48. The van der Waals surface area contributed by atoms with Gasteiger partial charge in [-0.1, -0.05) is 30.2 Å². The van der Waals surface area contributed by atoms with Gasteiger partial charge in [0, 0.05) is 37.8 Å². The van der Waals surface area contributed by atoms with Crippen molar-refractivity contribution in [3.05, 3.63) is 34.6 Å². The van der Waals surface area contributed by atoms with E-state index in [4.69, 9.17) is 17.3 Å². The number of benzene rings is 1. The molecule has 0 radical (unpaired) electrons. The molecule has 3 rings (SSSR count). The summed E-state index contributed by atoms with van der Waals surface area (Å²) in [5.74, 6) is -0.319. The summed E-state index contributed by atoms with van der Waals surface area (Å²) < 4.78 is 14.3. The standard InChI is InChI=1S/C16H23ClFN3/c17-14-6-3-5-13(16(14)18)15(10-19)21-9-8-20-7-2-1-4-12(20)11-21/h3,5-6,12,15H,1-2,4,7-11,19H2. The van der Waals surface area contributed by atoms with E-state index in [1.165, 1.54) is 25.8 Å². The first-order valence-corrected chi connectivity index (χ1v) is 8.20. The van der Waals surface area contributed by atoms with Crippen LogP contribution in [-0.2, 0) is 0 Å². The number of piperazine rings is 1. The summed E-state index contributed by atoms with van der Waals surface area (Å²) in [7, 11) is 0. The van der Waals surface area contributed by atoms with Crippen LogP contribution < -0.4 is 5.73 Å². The molecule has 0 spiro atoms. The zero-order valence-electron chi connectivity index (χ0n) is 12.3. The number of piperidine rings is 1. The second-order valence-electron chi connectivity index (χ2n) is 6.08. The average molecular weight is 312 g/mol. The van der Waals surface area contributed by atoms with Gasteiger partial charge in [-0.3, -0.25) is 9.80 Å². The van der Waals surface area contributed by atoms with E-state index >= 15 is 0 Å². The maximum absolute atomic E-state index is 14.3. The lowest BCUT2D eigenvalue weighted by molar-refractivity contribution is 0.0279. The van der Waals surface area contributed by atoms with E-state index in [2.05, 4.69) is 9.80 Å². The fourth-order valence-electron chi connectivity index (χ4n) is 3.71. The molecule has 1 aromatic carbocycles. The third-order valence-corrected chi connectivity index (χ3v) is 5.17. The zero-order chi connectivity index (χ0) is 14.8. The van der Waals surface area contributed by atoms with Gasteiger partial charge in [0.25, 0.3) is 0 Å². The molecule has 0 saturated carbocycles. The second kappa shape index (κ2) is 6.61. The topological polar surface area (TPSA) is 32.5 Å². The van der Waals surface area contributed by atoms with Crippen LogP contribution in [-0.4, -0.2) is 48.6 Å². The molecule has 2 unspecified atom stereocenters. The predicted molar refractivity (Wildman–Crippen MR) is 84.0 cm³/mol. The molecule has 21 heavy (non-hydrogen) atoms. The van der Waals surface area contributed by atoms with Gasteiger partial charge in [-0.05, 0) is 25.5 Å². The number of hydrogen-bond acceptors (Lipinski definition) is 3. The fourth-order valence-corrected chi connectivity index (χ4v) is 3.90. The van der Waals surface area contributed by atoms with Gasteiger partial charge in [0.1, 0.15) is 5.82 Å². The van der Waals surface area contributed by atoms with E-state index in [-0.39, 0.29) is 16.9 Å². The lowest BCUT2D eigenvalue weighted by atomic mass is 9.96. The van der Waals surface area contributed by atoms with E-state index in [0.29, 0.717) is 18.2 Å². The van der Waals surface area contributed by atoms with Crippen LogP contribution in [0, 0.1) is 5.82 Å². The molecule has 3 nitrogen and oxygen atoms in total. The summed E-state index contributed by atoms with van der Waals surface area (Å²) in [5.41, 5.74) is 6.59. The molecule has 0 bridgehead atoms. The molecular weight excluding hydrogens is 289 g/mol. The van der Waals surface area contributed by atoms with Gasteiger partial charge in [-0.15, -0.1) is 0 Å². The summed E-state index contributed by atoms with van der Waals surface area (Å²) in [6, 6.07) is 5.73. The minimum Gasteiger partial charge on any atom is -0.329 e. The van der Waals surface area contributed by atoms with Crippen LogP contribution in [0.15, 0.2) is 18.2 Å². The van der Waals surface area contributed by atoms with Crippen LogP contribution in [0.1, 0.15) is 30.9 Å². The van der Waals surface area contributed by atoms with Crippen molar-refractivity contribution in [1.29, 1.82) is 0 Å². The first-order chi connectivity index (χ1) is 10.2.